The molecule has 0 spiro atoms. The van der Waals surface area contributed by atoms with E-state index >= 15 is 0 Å². The van der Waals surface area contributed by atoms with Crippen LogP contribution in [0.3, 0.4) is 0 Å². The Morgan fingerprint density at radius 2 is 2.00 bits per heavy atom. The summed E-state index contributed by atoms with van der Waals surface area (Å²) in [6, 6.07) is 0. The number of fused-ring (bicyclic) bond motifs is 1. The zero-order valence-electron chi connectivity index (χ0n) is 11.6. The summed E-state index contributed by atoms with van der Waals surface area (Å²) < 4.78 is 43.0. The van der Waals surface area contributed by atoms with Crippen molar-refractivity contribution in [2.45, 2.75) is 44.1 Å². The lowest BCUT2D eigenvalue weighted by molar-refractivity contribution is -0.157. The molecule has 6 unspecified atom stereocenters. The quantitative estimate of drug-likeness (QED) is 0.612. The third-order valence-electron chi connectivity index (χ3n) is 4.91. The molecule has 0 aromatic rings. The molecule has 1 saturated heterocycles. The molecule has 0 radical (unpaired) electrons. The van der Waals surface area contributed by atoms with Gasteiger partial charge in [-0.05, 0) is 36.5 Å². The number of carbonyl (C=O) groups is 1. The molecule has 1 aliphatic heterocycles. The summed E-state index contributed by atoms with van der Waals surface area (Å²) in [5.74, 6) is -0.0976. The van der Waals surface area contributed by atoms with Gasteiger partial charge in [-0.1, -0.05) is 13.8 Å². The Morgan fingerprint density at radius 1 is 1.30 bits per heavy atom. The van der Waals surface area contributed by atoms with E-state index < -0.39 is 27.3 Å². The van der Waals surface area contributed by atoms with Crippen LogP contribution in [0.2, 0.25) is 0 Å². The third kappa shape index (κ3) is 2.16. The molecule has 2 aliphatic carbocycles. The van der Waals surface area contributed by atoms with Gasteiger partial charge in [-0.3, -0.25) is 9.35 Å². The topological polar surface area (TPSA) is 89.9 Å². The summed E-state index contributed by atoms with van der Waals surface area (Å²) in [4.78, 5) is 12.1. The normalized spacial score (nSPS) is 40.3. The number of hydrogen-bond acceptors (Lipinski definition) is 5. The zero-order valence-corrected chi connectivity index (χ0v) is 12.4. The van der Waals surface area contributed by atoms with Crippen LogP contribution in [-0.4, -0.2) is 43.0 Å². The second kappa shape index (κ2) is 4.68. The van der Waals surface area contributed by atoms with Crippen LogP contribution in [0.15, 0.2) is 0 Å². The van der Waals surface area contributed by atoms with Gasteiger partial charge in [0.1, 0.15) is 6.10 Å². The molecule has 1 N–H and O–H groups in total. The molecule has 6 nitrogen and oxygen atoms in total. The lowest BCUT2D eigenvalue weighted by Crippen LogP contribution is -2.42. The van der Waals surface area contributed by atoms with Crippen molar-refractivity contribution < 1.29 is 27.2 Å². The predicted octanol–water partition coefficient (Wildman–Crippen LogP) is 0.865. The molecule has 2 bridgehead atoms. The molecular weight excluding hydrogens is 284 g/mol. The Hall–Kier alpha value is -0.660. The van der Waals surface area contributed by atoms with E-state index in [2.05, 4.69) is 0 Å². The third-order valence-corrected chi connectivity index (χ3v) is 6.29. The minimum absolute atomic E-state index is 0.0862. The highest BCUT2D eigenvalue weighted by molar-refractivity contribution is 7.87. The van der Waals surface area contributed by atoms with Crippen LogP contribution in [0.25, 0.3) is 0 Å². The maximum atomic E-state index is 12.1. The van der Waals surface area contributed by atoms with Crippen LogP contribution in [-0.2, 0) is 24.4 Å². The Kier molecular flexibility index (Phi) is 3.34. The van der Waals surface area contributed by atoms with Crippen molar-refractivity contribution in [3.05, 3.63) is 0 Å². The van der Waals surface area contributed by atoms with Gasteiger partial charge in [-0.2, -0.15) is 8.42 Å². The maximum Gasteiger partial charge on any atom is 0.327 e. The molecule has 6 atom stereocenters. The second-order valence-electron chi connectivity index (χ2n) is 6.53. The first-order chi connectivity index (χ1) is 9.29. The fourth-order valence-corrected chi connectivity index (χ4v) is 5.12. The minimum atomic E-state index is -4.45. The molecule has 20 heavy (non-hydrogen) atoms. The fourth-order valence-electron chi connectivity index (χ4n) is 4.13. The van der Waals surface area contributed by atoms with Crippen molar-refractivity contribution in [2.75, 3.05) is 6.61 Å². The van der Waals surface area contributed by atoms with E-state index in [9.17, 15) is 17.8 Å². The summed E-state index contributed by atoms with van der Waals surface area (Å²) in [7, 11) is -4.45. The van der Waals surface area contributed by atoms with Crippen molar-refractivity contribution in [1.82, 2.24) is 0 Å². The SMILES string of the molecule is CC(C)C(C(=O)OC1C2CC3COC1C3C2)S(=O)(=O)O. The summed E-state index contributed by atoms with van der Waals surface area (Å²) >= 11 is 0. The van der Waals surface area contributed by atoms with Crippen LogP contribution in [0, 0.1) is 23.7 Å². The number of carbonyl (C=O) groups excluding carboxylic acids is 1. The first-order valence-corrected chi connectivity index (χ1v) is 8.57. The number of hydrogen-bond donors (Lipinski definition) is 1. The summed E-state index contributed by atoms with van der Waals surface area (Å²) in [5, 5.41) is -1.51. The Balaban J connectivity index is 1.73. The average molecular weight is 304 g/mol. The van der Waals surface area contributed by atoms with Gasteiger partial charge in [0.15, 0.2) is 5.25 Å². The summed E-state index contributed by atoms with van der Waals surface area (Å²) in [6.45, 7) is 3.86. The van der Waals surface area contributed by atoms with Crippen molar-refractivity contribution in [3.63, 3.8) is 0 Å². The molecule has 2 saturated carbocycles. The number of esters is 1. The predicted molar refractivity (Wildman–Crippen MR) is 69.5 cm³/mol. The van der Waals surface area contributed by atoms with Crippen molar-refractivity contribution in [3.8, 4) is 0 Å². The molecule has 1 heterocycles. The van der Waals surface area contributed by atoms with Crippen molar-refractivity contribution >= 4 is 16.1 Å². The Bertz CT molecular complexity index is 511. The summed E-state index contributed by atoms with van der Waals surface area (Å²) in [6.07, 6.45) is 1.54. The van der Waals surface area contributed by atoms with E-state index in [1.165, 1.54) is 0 Å². The lowest BCUT2D eigenvalue weighted by atomic mass is 9.88. The molecule has 0 amide bonds. The van der Waals surface area contributed by atoms with E-state index in [-0.39, 0.29) is 18.1 Å². The number of ether oxygens (including phenoxy) is 2. The molecule has 7 heteroatoms. The van der Waals surface area contributed by atoms with Gasteiger partial charge in [0.05, 0.1) is 12.7 Å². The van der Waals surface area contributed by atoms with Crippen molar-refractivity contribution in [2.24, 2.45) is 23.7 Å². The van der Waals surface area contributed by atoms with E-state index in [1.54, 1.807) is 13.8 Å². The van der Waals surface area contributed by atoms with Gasteiger partial charge in [0, 0.05) is 0 Å². The first-order valence-electron chi connectivity index (χ1n) is 7.07. The van der Waals surface area contributed by atoms with E-state index in [0.29, 0.717) is 18.4 Å². The maximum absolute atomic E-state index is 12.1. The highest BCUT2D eigenvalue weighted by atomic mass is 32.2. The molecule has 3 aliphatic rings. The Labute approximate surface area is 118 Å². The van der Waals surface area contributed by atoms with E-state index in [0.717, 1.165) is 12.8 Å². The van der Waals surface area contributed by atoms with Crippen LogP contribution in [0.5, 0.6) is 0 Å². The standard InChI is InChI=1S/C13H20O6S/c1-6(2)12(20(15,16)17)13(14)19-10-7-3-8-5-18-11(10)9(8)4-7/h6-12H,3-5H2,1-2H3,(H,15,16,17). The van der Waals surface area contributed by atoms with Gasteiger partial charge in [0.25, 0.3) is 10.1 Å². The molecule has 3 rings (SSSR count). The van der Waals surface area contributed by atoms with Crippen molar-refractivity contribution in [1.29, 1.82) is 0 Å². The molecule has 0 aromatic carbocycles. The molecule has 0 aromatic heterocycles. The average Bonchev–Trinajstić information content (AvgIpc) is 2.86. The molecular formula is C13H20O6S. The van der Waals surface area contributed by atoms with Gasteiger partial charge in [-0.15, -0.1) is 0 Å². The van der Waals surface area contributed by atoms with Crippen LogP contribution in [0.1, 0.15) is 26.7 Å². The highest BCUT2D eigenvalue weighted by Crippen LogP contribution is 2.54. The van der Waals surface area contributed by atoms with Crippen LogP contribution < -0.4 is 0 Å². The van der Waals surface area contributed by atoms with Crippen LogP contribution in [0.4, 0.5) is 0 Å². The Morgan fingerprint density at radius 3 is 2.60 bits per heavy atom. The smallest absolute Gasteiger partial charge is 0.327 e. The van der Waals surface area contributed by atoms with E-state index in [1.807, 2.05) is 0 Å². The van der Waals surface area contributed by atoms with Gasteiger partial charge in [-0.25, -0.2) is 0 Å². The van der Waals surface area contributed by atoms with E-state index in [4.69, 9.17) is 9.47 Å². The van der Waals surface area contributed by atoms with Gasteiger partial charge in [0.2, 0.25) is 0 Å². The fraction of sp³-hybridized carbons (Fsp3) is 0.923. The van der Waals surface area contributed by atoms with Gasteiger partial charge < -0.3 is 9.47 Å². The summed E-state index contributed by atoms with van der Waals surface area (Å²) in [5.41, 5.74) is 0. The molecule has 114 valence electrons. The zero-order chi connectivity index (χ0) is 14.7. The minimum Gasteiger partial charge on any atom is -0.458 e. The lowest BCUT2D eigenvalue weighted by Gasteiger charge is -2.28. The number of rotatable bonds is 4. The highest BCUT2D eigenvalue weighted by Gasteiger charge is 2.59. The monoisotopic (exact) mass is 304 g/mol. The largest absolute Gasteiger partial charge is 0.458 e. The first kappa shape index (κ1) is 14.3. The second-order valence-corrected chi connectivity index (χ2v) is 8.07. The molecule has 3 fully saturated rings. The van der Waals surface area contributed by atoms with Crippen LogP contribution >= 0.6 is 0 Å². The van der Waals surface area contributed by atoms with Gasteiger partial charge >= 0.3 is 5.97 Å².